The molecule has 0 saturated heterocycles. The van der Waals surface area contributed by atoms with E-state index in [0.717, 1.165) is 11.1 Å². The number of halogens is 3. The molecule has 0 bridgehead atoms. The summed E-state index contributed by atoms with van der Waals surface area (Å²) in [6.07, 6.45) is -4.46. The van der Waals surface area contributed by atoms with Crippen LogP contribution in [0.25, 0.3) is 0 Å². The molecule has 0 amide bonds. The van der Waals surface area contributed by atoms with Crippen molar-refractivity contribution < 1.29 is 13.2 Å². The zero-order chi connectivity index (χ0) is 14.0. The van der Waals surface area contributed by atoms with E-state index in [9.17, 15) is 13.2 Å². The number of rotatable bonds is 2. The monoisotopic (exact) mass is 265 g/mol. The Bertz CT molecular complexity index is 530. The molecule has 0 aliphatic carbocycles. The molecule has 2 aromatic carbocycles. The molecule has 2 rings (SSSR count). The minimum absolute atomic E-state index is 0.123. The normalized spacial score (nSPS) is 11.4. The molecule has 0 N–H and O–H groups in total. The van der Waals surface area contributed by atoms with Gasteiger partial charge >= 0.3 is 6.30 Å². The van der Waals surface area contributed by atoms with Crippen LogP contribution in [0.15, 0.2) is 48.5 Å². The molecule has 0 unspecified atom stereocenters. The fraction of sp³-hybridized carbons (Fsp3) is 0.200. The van der Waals surface area contributed by atoms with E-state index in [0.29, 0.717) is 4.90 Å². The van der Waals surface area contributed by atoms with Crippen LogP contribution >= 0.6 is 0 Å². The van der Waals surface area contributed by atoms with Crippen molar-refractivity contribution in [3.8, 4) is 0 Å². The van der Waals surface area contributed by atoms with Crippen LogP contribution < -0.4 is 4.90 Å². The van der Waals surface area contributed by atoms with E-state index < -0.39 is 6.30 Å². The van der Waals surface area contributed by atoms with E-state index >= 15 is 0 Å². The number of hydrogen-bond acceptors (Lipinski definition) is 1. The standard InChI is InChI=1S/C15H14F3N/c1-11-5-3-7-13(9-11)19(15(16,17)18)14-8-4-6-12(2)10-14/h3-10H,1-2H3. The molecule has 0 aromatic heterocycles. The van der Waals surface area contributed by atoms with Gasteiger partial charge in [-0.05, 0) is 49.2 Å². The molecule has 100 valence electrons. The van der Waals surface area contributed by atoms with E-state index in [-0.39, 0.29) is 11.4 Å². The van der Waals surface area contributed by atoms with Gasteiger partial charge in [-0.2, -0.15) is 0 Å². The smallest absolute Gasteiger partial charge is 0.253 e. The van der Waals surface area contributed by atoms with Gasteiger partial charge in [-0.3, -0.25) is 4.90 Å². The fourth-order valence-electron chi connectivity index (χ4n) is 1.98. The van der Waals surface area contributed by atoms with Gasteiger partial charge in [0.05, 0.1) is 0 Å². The van der Waals surface area contributed by atoms with Crippen LogP contribution in [0.5, 0.6) is 0 Å². The Morgan fingerprint density at radius 3 is 1.53 bits per heavy atom. The molecule has 0 spiro atoms. The predicted molar refractivity (Wildman–Crippen MR) is 70.6 cm³/mol. The first-order chi connectivity index (χ1) is 8.88. The highest BCUT2D eigenvalue weighted by atomic mass is 19.4. The third-order valence-electron chi connectivity index (χ3n) is 2.77. The van der Waals surface area contributed by atoms with Gasteiger partial charge in [0, 0.05) is 11.4 Å². The van der Waals surface area contributed by atoms with Gasteiger partial charge in [0.25, 0.3) is 0 Å². The number of nitrogens with zero attached hydrogens (tertiary/aromatic N) is 1. The lowest BCUT2D eigenvalue weighted by Gasteiger charge is -2.27. The Morgan fingerprint density at radius 1 is 0.789 bits per heavy atom. The Labute approximate surface area is 110 Å². The summed E-state index contributed by atoms with van der Waals surface area (Å²) in [7, 11) is 0. The maximum Gasteiger partial charge on any atom is 0.489 e. The van der Waals surface area contributed by atoms with Gasteiger partial charge in [-0.1, -0.05) is 24.3 Å². The Hall–Kier alpha value is -1.97. The quantitative estimate of drug-likeness (QED) is 0.693. The molecule has 2 aromatic rings. The number of hydrogen-bond donors (Lipinski definition) is 0. The summed E-state index contributed by atoms with van der Waals surface area (Å²) in [5.74, 6) is 0. The van der Waals surface area contributed by atoms with Crippen LogP contribution in [-0.4, -0.2) is 6.30 Å². The average molecular weight is 265 g/mol. The van der Waals surface area contributed by atoms with Crippen LogP contribution in [0.3, 0.4) is 0 Å². The summed E-state index contributed by atoms with van der Waals surface area (Å²) < 4.78 is 39.8. The van der Waals surface area contributed by atoms with E-state index in [4.69, 9.17) is 0 Å². The van der Waals surface area contributed by atoms with Crippen LogP contribution in [-0.2, 0) is 0 Å². The van der Waals surface area contributed by atoms with Crippen LogP contribution in [0.2, 0.25) is 0 Å². The Kier molecular flexibility index (Phi) is 3.51. The summed E-state index contributed by atoms with van der Waals surface area (Å²) in [4.78, 5) is 0.396. The van der Waals surface area contributed by atoms with E-state index in [2.05, 4.69) is 0 Å². The third kappa shape index (κ3) is 3.08. The summed E-state index contributed by atoms with van der Waals surface area (Å²) in [5.41, 5.74) is 1.83. The second kappa shape index (κ2) is 4.96. The maximum atomic E-state index is 13.3. The molecule has 0 aliphatic heterocycles. The Balaban J connectivity index is 2.54. The first-order valence-electron chi connectivity index (χ1n) is 5.88. The molecule has 0 aliphatic rings. The number of aryl methyl sites for hydroxylation is 2. The van der Waals surface area contributed by atoms with Crippen molar-refractivity contribution in [3.63, 3.8) is 0 Å². The van der Waals surface area contributed by atoms with Crippen LogP contribution in [0.1, 0.15) is 11.1 Å². The molecule has 0 radical (unpaired) electrons. The molecule has 0 saturated carbocycles. The third-order valence-corrected chi connectivity index (χ3v) is 2.77. The second-order valence-electron chi connectivity index (χ2n) is 4.48. The van der Waals surface area contributed by atoms with Gasteiger partial charge in [-0.15, -0.1) is 13.2 Å². The summed E-state index contributed by atoms with van der Waals surface area (Å²) in [6.45, 7) is 3.54. The van der Waals surface area contributed by atoms with Gasteiger partial charge in [-0.25, -0.2) is 0 Å². The lowest BCUT2D eigenvalue weighted by molar-refractivity contribution is -0.120. The topological polar surface area (TPSA) is 3.24 Å². The summed E-state index contributed by atoms with van der Waals surface area (Å²) in [6, 6.07) is 12.8. The lowest BCUT2D eigenvalue weighted by atomic mass is 10.1. The van der Waals surface area contributed by atoms with E-state index in [1.807, 2.05) is 0 Å². The molecule has 0 fully saturated rings. The zero-order valence-electron chi connectivity index (χ0n) is 10.7. The SMILES string of the molecule is Cc1cccc(N(c2cccc(C)c2)C(F)(F)F)c1. The van der Waals surface area contributed by atoms with E-state index in [1.54, 1.807) is 38.1 Å². The maximum absolute atomic E-state index is 13.3. The molecule has 1 nitrogen and oxygen atoms in total. The number of anilines is 2. The van der Waals surface area contributed by atoms with Crippen molar-refractivity contribution in [1.29, 1.82) is 0 Å². The molecule has 19 heavy (non-hydrogen) atoms. The predicted octanol–water partition coefficient (Wildman–Crippen LogP) is 4.96. The molecular weight excluding hydrogens is 251 g/mol. The average Bonchev–Trinajstić information content (AvgIpc) is 2.27. The highest BCUT2D eigenvalue weighted by molar-refractivity contribution is 5.65. The van der Waals surface area contributed by atoms with Crippen LogP contribution in [0, 0.1) is 13.8 Å². The molecule has 4 heteroatoms. The van der Waals surface area contributed by atoms with E-state index in [1.165, 1.54) is 24.3 Å². The van der Waals surface area contributed by atoms with Crippen molar-refractivity contribution in [3.05, 3.63) is 59.7 Å². The minimum atomic E-state index is -4.46. The highest BCUT2D eigenvalue weighted by Gasteiger charge is 2.38. The largest absolute Gasteiger partial charge is 0.489 e. The van der Waals surface area contributed by atoms with Crippen molar-refractivity contribution in [2.75, 3.05) is 4.90 Å². The lowest BCUT2D eigenvalue weighted by Crippen LogP contribution is -2.33. The zero-order valence-corrected chi connectivity index (χ0v) is 10.7. The summed E-state index contributed by atoms with van der Waals surface area (Å²) in [5, 5.41) is 0. The van der Waals surface area contributed by atoms with Crippen molar-refractivity contribution >= 4 is 11.4 Å². The second-order valence-corrected chi connectivity index (χ2v) is 4.48. The Morgan fingerprint density at radius 2 is 1.21 bits per heavy atom. The molecular formula is C15H14F3N. The first-order valence-corrected chi connectivity index (χ1v) is 5.88. The number of benzene rings is 2. The highest BCUT2D eigenvalue weighted by Crippen LogP contribution is 2.36. The molecule has 0 atom stereocenters. The fourth-order valence-corrected chi connectivity index (χ4v) is 1.98. The van der Waals surface area contributed by atoms with Crippen molar-refractivity contribution in [2.45, 2.75) is 20.1 Å². The van der Waals surface area contributed by atoms with Gasteiger partial charge in [0.15, 0.2) is 0 Å². The van der Waals surface area contributed by atoms with Crippen LogP contribution in [0.4, 0.5) is 24.5 Å². The van der Waals surface area contributed by atoms with Gasteiger partial charge < -0.3 is 0 Å². The van der Waals surface area contributed by atoms with Gasteiger partial charge in [0.2, 0.25) is 0 Å². The number of alkyl halides is 3. The van der Waals surface area contributed by atoms with Crippen molar-refractivity contribution in [1.82, 2.24) is 0 Å². The molecule has 0 heterocycles. The van der Waals surface area contributed by atoms with Crippen molar-refractivity contribution in [2.24, 2.45) is 0 Å². The van der Waals surface area contributed by atoms with Gasteiger partial charge in [0.1, 0.15) is 0 Å². The summed E-state index contributed by atoms with van der Waals surface area (Å²) >= 11 is 0. The first kappa shape index (κ1) is 13.5. The minimum Gasteiger partial charge on any atom is -0.253 e.